The zero-order chi connectivity index (χ0) is 13.0. The number of nitrogens with two attached hydrogens (primary N) is 1. The first-order valence-electron chi connectivity index (χ1n) is 5.83. The van der Waals surface area contributed by atoms with Crippen molar-refractivity contribution < 1.29 is 9.47 Å². The van der Waals surface area contributed by atoms with Crippen LogP contribution in [-0.4, -0.2) is 16.4 Å². The smallest absolute Gasteiger partial charge is 0.132 e. The van der Waals surface area contributed by atoms with Crippen LogP contribution in [-0.2, 0) is 13.7 Å². The maximum Gasteiger partial charge on any atom is 0.132 e. The summed E-state index contributed by atoms with van der Waals surface area (Å²) in [5, 5.41) is 4.21. The van der Waals surface area contributed by atoms with E-state index < -0.39 is 0 Å². The van der Waals surface area contributed by atoms with Gasteiger partial charge in [0.1, 0.15) is 29.6 Å². The summed E-state index contributed by atoms with van der Waals surface area (Å²) in [5.41, 5.74) is 6.50. The summed E-state index contributed by atoms with van der Waals surface area (Å²) >= 11 is 0. The Hall–Kier alpha value is -2.17. The second-order valence-corrected chi connectivity index (χ2v) is 3.88. The number of benzene rings is 1. The Morgan fingerprint density at radius 1 is 1.17 bits per heavy atom. The summed E-state index contributed by atoms with van der Waals surface area (Å²) in [6.45, 7) is 3.02. The van der Waals surface area contributed by atoms with Crippen molar-refractivity contribution in [1.29, 1.82) is 0 Å². The number of aryl methyl sites for hydroxylation is 1. The number of hydrogen-bond donors (Lipinski definition) is 1. The molecule has 0 aliphatic heterocycles. The molecular formula is C13H17N3O2. The Morgan fingerprint density at radius 2 is 1.78 bits per heavy atom. The molecule has 1 heterocycles. The molecule has 1 aromatic heterocycles. The Kier molecular flexibility index (Phi) is 3.72. The molecule has 0 saturated heterocycles. The Morgan fingerprint density at radius 3 is 2.28 bits per heavy atom. The van der Waals surface area contributed by atoms with E-state index in [0.717, 1.165) is 17.2 Å². The minimum atomic E-state index is 0.402. The van der Waals surface area contributed by atoms with E-state index in [1.807, 2.05) is 31.2 Å². The monoisotopic (exact) mass is 247 g/mol. The van der Waals surface area contributed by atoms with Crippen molar-refractivity contribution in [3.8, 4) is 11.5 Å². The summed E-state index contributed by atoms with van der Waals surface area (Å²) in [6, 6.07) is 9.31. The second kappa shape index (κ2) is 5.44. The van der Waals surface area contributed by atoms with Crippen molar-refractivity contribution in [1.82, 2.24) is 9.78 Å². The van der Waals surface area contributed by atoms with Gasteiger partial charge >= 0.3 is 0 Å². The summed E-state index contributed by atoms with van der Waals surface area (Å²) in [7, 11) is 1.80. The van der Waals surface area contributed by atoms with Crippen LogP contribution in [0.4, 0.5) is 5.82 Å². The normalized spacial score (nSPS) is 10.3. The molecule has 18 heavy (non-hydrogen) atoms. The molecular weight excluding hydrogens is 230 g/mol. The average Bonchev–Trinajstić information content (AvgIpc) is 2.68. The van der Waals surface area contributed by atoms with Gasteiger partial charge in [0.2, 0.25) is 0 Å². The molecule has 0 spiro atoms. The molecule has 0 aliphatic carbocycles. The maximum absolute atomic E-state index is 5.69. The number of aromatic nitrogens is 2. The van der Waals surface area contributed by atoms with E-state index >= 15 is 0 Å². The highest BCUT2D eigenvalue weighted by molar-refractivity contribution is 5.32. The van der Waals surface area contributed by atoms with Gasteiger partial charge in [0, 0.05) is 13.1 Å². The van der Waals surface area contributed by atoms with Crippen LogP contribution in [0, 0.1) is 0 Å². The van der Waals surface area contributed by atoms with E-state index in [9.17, 15) is 0 Å². The highest BCUT2D eigenvalue weighted by Crippen LogP contribution is 2.18. The van der Waals surface area contributed by atoms with Crippen molar-refractivity contribution in [2.45, 2.75) is 13.5 Å². The molecule has 2 aromatic rings. The van der Waals surface area contributed by atoms with Crippen LogP contribution in [0.2, 0.25) is 0 Å². The molecule has 96 valence electrons. The van der Waals surface area contributed by atoms with Gasteiger partial charge in [0.25, 0.3) is 0 Å². The van der Waals surface area contributed by atoms with Gasteiger partial charge in [-0.1, -0.05) is 0 Å². The number of anilines is 1. The van der Waals surface area contributed by atoms with Crippen LogP contribution in [0.15, 0.2) is 30.3 Å². The van der Waals surface area contributed by atoms with Gasteiger partial charge in [-0.15, -0.1) is 0 Å². The largest absolute Gasteiger partial charge is 0.494 e. The standard InChI is InChI=1S/C13H17N3O2/c1-3-17-11-4-6-12(7-5-11)18-9-10-8-13(14)16(2)15-10/h4-8H,3,9,14H2,1-2H3. The van der Waals surface area contributed by atoms with Crippen molar-refractivity contribution in [3.05, 3.63) is 36.0 Å². The molecule has 0 fully saturated rings. The minimum Gasteiger partial charge on any atom is -0.494 e. The molecule has 0 radical (unpaired) electrons. The fourth-order valence-electron chi connectivity index (χ4n) is 1.57. The van der Waals surface area contributed by atoms with Gasteiger partial charge in [-0.2, -0.15) is 5.10 Å². The second-order valence-electron chi connectivity index (χ2n) is 3.88. The van der Waals surface area contributed by atoms with E-state index in [2.05, 4.69) is 5.10 Å². The van der Waals surface area contributed by atoms with E-state index in [0.29, 0.717) is 19.0 Å². The van der Waals surface area contributed by atoms with Crippen LogP contribution < -0.4 is 15.2 Å². The molecule has 0 atom stereocenters. The predicted octanol–water partition coefficient (Wildman–Crippen LogP) is 1.98. The van der Waals surface area contributed by atoms with Crippen LogP contribution in [0.1, 0.15) is 12.6 Å². The zero-order valence-corrected chi connectivity index (χ0v) is 10.6. The SMILES string of the molecule is CCOc1ccc(OCc2cc(N)n(C)n2)cc1. The first-order valence-corrected chi connectivity index (χ1v) is 5.83. The molecule has 5 nitrogen and oxygen atoms in total. The van der Waals surface area contributed by atoms with Gasteiger partial charge in [-0.05, 0) is 31.2 Å². The molecule has 0 saturated carbocycles. The summed E-state index contributed by atoms with van der Waals surface area (Å²) in [4.78, 5) is 0. The van der Waals surface area contributed by atoms with Gasteiger partial charge in [0.05, 0.1) is 6.61 Å². The van der Waals surface area contributed by atoms with Crippen molar-refractivity contribution in [2.24, 2.45) is 7.05 Å². The van der Waals surface area contributed by atoms with E-state index in [1.54, 1.807) is 17.8 Å². The van der Waals surface area contributed by atoms with Gasteiger partial charge in [-0.25, -0.2) is 0 Å². The third-order valence-corrected chi connectivity index (χ3v) is 2.49. The topological polar surface area (TPSA) is 62.3 Å². The van der Waals surface area contributed by atoms with Crippen molar-refractivity contribution in [2.75, 3.05) is 12.3 Å². The molecule has 2 N–H and O–H groups in total. The number of ether oxygens (including phenoxy) is 2. The maximum atomic E-state index is 5.69. The number of nitrogen functional groups attached to an aromatic ring is 1. The van der Waals surface area contributed by atoms with Gasteiger partial charge in [-0.3, -0.25) is 4.68 Å². The Balaban J connectivity index is 1.93. The molecule has 0 amide bonds. The third-order valence-electron chi connectivity index (χ3n) is 2.49. The quantitative estimate of drug-likeness (QED) is 0.877. The summed E-state index contributed by atoms with van der Waals surface area (Å²) in [5.74, 6) is 2.25. The molecule has 1 aromatic carbocycles. The minimum absolute atomic E-state index is 0.402. The Labute approximate surface area is 106 Å². The lowest BCUT2D eigenvalue weighted by Crippen LogP contribution is -1.99. The summed E-state index contributed by atoms with van der Waals surface area (Å²) in [6.07, 6.45) is 0. The number of hydrogen-bond acceptors (Lipinski definition) is 4. The first-order chi connectivity index (χ1) is 8.69. The molecule has 5 heteroatoms. The Bertz CT molecular complexity index is 486. The predicted molar refractivity (Wildman–Crippen MR) is 69.6 cm³/mol. The average molecular weight is 247 g/mol. The van der Waals surface area contributed by atoms with Crippen LogP contribution in [0.5, 0.6) is 11.5 Å². The molecule has 0 bridgehead atoms. The van der Waals surface area contributed by atoms with Crippen molar-refractivity contribution in [3.63, 3.8) is 0 Å². The lowest BCUT2D eigenvalue weighted by molar-refractivity contribution is 0.298. The number of nitrogens with zero attached hydrogens (tertiary/aromatic N) is 2. The lowest BCUT2D eigenvalue weighted by atomic mass is 10.3. The highest BCUT2D eigenvalue weighted by atomic mass is 16.5. The highest BCUT2D eigenvalue weighted by Gasteiger charge is 2.03. The van der Waals surface area contributed by atoms with Crippen molar-refractivity contribution >= 4 is 5.82 Å². The van der Waals surface area contributed by atoms with Gasteiger partial charge in [0.15, 0.2) is 0 Å². The van der Waals surface area contributed by atoms with Crippen LogP contribution in [0.3, 0.4) is 0 Å². The van der Waals surface area contributed by atoms with E-state index in [1.165, 1.54) is 0 Å². The van der Waals surface area contributed by atoms with E-state index in [-0.39, 0.29) is 0 Å². The van der Waals surface area contributed by atoms with Crippen LogP contribution in [0.25, 0.3) is 0 Å². The van der Waals surface area contributed by atoms with Crippen LogP contribution >= 0.6 is 0 Å². The molecule has 0 unspecified atom stereocenters. The molecule has 0 aliphatic rings. The van der Waals surface area contributed by atoms with E-state index in [4.69, 9.17) is 15.2 Å². The first kappa shape index (κ1) is 12.3. The number of rotatable bonds is 5. The molecule has 2 rings (SSSR count). The van der Waals surface area contributed by atoms with Gasteiger partial charge < -0.3 is 15.2 Å². The zero-order valence-electron chi connectivity index (χ0n) is 10.6. The fraction of sp³-hybridized carbons (Fsp3) is 0.308. The summed E-state index contributed by atoms with van der Waals surface area (Å²) < 4.78 is 12.6. The lowest BCUT2D eigenvalue weighted by Gasteiger charge is -2.06. The third kappa shape index (κ3) is 2.94. The fourth-order valence-corrected chi connectivity index (χ4v) is 1.57.